The molecule has 0 bridgehead atoms. The molecule has 0 aromatic carbocycles. The molecule has 0 aliphatic heterocycles. The Bertz CT molecular complexity index is 354. The van der Waals surface area contributed by atoms with E-state index >= 15 is 0 Å². The van der Waals surface area contributed by atoms with Gasteiger partial charge in [-0.2, -0.15) is 5.10 Å². The number of imidazole rings is 1. The summed E-state index contributed by atoms with van der Waals surface area (Å²) in [4.78, 5) is 6.72. The van der Waals surface area contributed by atoms with Crippen molar-refractivity contribution in [2.75, 3.05) is 7.05 Å². The van der Waals surface area contributed by atoms with Gasteiger partial charge in [0.05, 0.1) is 18.2 Å². The van der Waals surface area contributed by atoms with Crippen molar-refractivity contribution in [1.29, 1.82) is 0 Å². The van der Waals surface area contributed by atoms with Crippen LogP contribution in [0.4, 0.5) is 0 Å². The predicted octanol–water partition coefficient (Wildman–Crippen LogP) is -2.45. The quantitative estimate of drug-likeness (QED) is 0.285. The fourth-order valence-electron chi connectivity index (χ4n) is 1.14. The van der Waals surface area contributed by atoms with E-state index in [0.29, 0.717) is 11.4 Å². The molecule has 0 saturated carbocycles. The van der Waals surface area contributed by atoms with Gasteiger partial charge >= 0.3 is 0 Å². The fraction of sp³-hybridized carbons (Fsp3) is 0.375. The van der Waals surface area contributed by atoms with Crippen LogP contribution in [0.1, 0.15) is 11.8 Å². The van der Waals surface area contributed by atoms with Gasteiger partial charge in [-0.05, 0) is 0 Å². The number of nitrogens with one attached hydrogen (secondary N) is 1. The number of aryl methyl sites for hydroxylation is 1. The summed E-state index contributed by atoms with van der Waals surface area (Å²) >= 11 is 0. The molecule has 0 spiro atoms. The standard InChI is InChI=1S/C8H13N5O/c1-10-6(3-12-9)8(14)7-4-11-5-13(7)2/h3-5,8,14H,9H2,1-2H3/p+1. The van der Waals surface area contributed by atoms with Crippen LogP contribution in [0.2, 0.25) is 0 Å². The number of hydrazone groups is 1. The summed E-state index contributed by atoms with van der Waals surface area (Å²) in [6.07, 6.45) is 3.79. The molecule has 1 atom stereocenters. The first-order valence-corrected chi connectivity index (χ1v) is 4.12. The van der Waals surface area contributed by atoms with Crippen LogP contribution >= 0.6 is 0 Å². The van der Waals surface area contributed by atoms with Crippen LogP contribution in [0.15, 0.2) is 17.6 Å². The minimum atomic E-state index is -0.792. The lowest BCUT2D eigenvalue weighted by Gasteiger charge is -2.06. The van der Waals surface area contributed by atoms with E-state index in [9.17, 15) is 5.11 Å². The van der Waals surface area contributed by atoms with Gasteiger partial charge in [0.2, 0.25) is 5.71 Å². The van der Waals surface area contributed by atoms with Crippen LogP contribution < -0.4 is 10.8 Å². The van der Waals surface area contributed by atoms with Gasteiger partial charge in [0.25, 0.3) is 0 Å². The van der Waals surface area contributed by atoms with Crippen molar-refractivity contribution in [3.05, 3.63) is 18.2 Å². The van der Waals surface area contributed by atoms with E-state index in [1.54, 1.807) is 31.2 Å². The van der Waals surface area contributed by atoms with Gasteiger partial charge in [-0.3, -0.25) is 0 Å². The SMILES string of the molecule is C[NH+]=C(C=NN)C(O)c1cncn1C. The van der Waals surface area contributed by atoms with Gasteiger partial charge in [0.1, 0.15) is 13.3 Å². The van der Waals surface area contributed by atoms with Crippen LogP contribution in [0, 0.1) is 0 Å². The normalized spacial score (nSPS) is 14.9. The van der Waals surface area contributed by atoms with E-state index in [1.165, 1.54) is 6.21 Å². The predicted molar refractivity (Wildman–Crippen MR) is 52.7 cm³/mol. The van der Waals surface area contributed by atoms with E-state index in [4.69, 9.17) is 5.84 Å². The van der Waals surface area contributed by atoms with Gasteiger partial charge < -0.3 is 15.5 Å². The van der Waals surface area contributed by atoms with Gasteiger partial charge in [-0.1, -0.05) is 0 Å². The second kappa shape index (κ2) is 4.52. The molecular weight excluding hydrogens is 182 g/mol. The van der Waals surface area contributed by atoms with Crippen LogP contribution in [0.5, 0.6) is 0 Å². The molecule has 1 heterocycles. The maximum atomic E-state index is 9.87. The highest BCUT2D eigenvalue weighted by molar-refractivity contribution is 6.29. The van der Waals surface area contributed by atoms with Crippen molar-refractivity contribution < 1.29 is 10.1 Å². The zero-order valence-electron chi connectivity index (χ0n) is 8.18. The Kier molecular flexibility index (Phi) is 3.35. The van der Waals surface area contributed by atoms with E-state index in [-0.39, 0.29) is 0 Å². The third-order valence-electron chi connectivity index (χ3n) is 1.93. The van der Waals surface area contributed by atoms with E-state index in [0.717, 1.165) is 0 Å². The molecule has 14 heavy (non-hydrogen) atoms. The molecule has 0 amide bonds. The number of rotatable bonds is 3. The molecule has 1 aromatic rings. The third kappa shape index (κ3) is 1.97. The van der Waals surface area contributed by atoms with Crippen LogP contribution in [0.3, 0.4) is 0 Å². The molecule has 76 valence electrons. The Morgan fingerprint density at radius 3 is 3.00 bits per heavy atom. The molecule has 6 heteroatoms. The van der Waals surface area contributed by atoms with E-state index in [2.05, 4.69) is 15.1 Å². The second-order valence-electron chi connectivity index (χ2n) is 2.82. The molecule has 1 unspecified atom stereocenters. The monoisotopic (exact) mass is 196 g/mol. The van der Waals surface area contributed by atoms with Crippen molar-refractivity contribution >= 4 is 11.9 Å². The van der Waals surface area contributed by atoms with Gasteiger partial charge in [0.15, 0.2) is 6.10 Å². The summed E-state index contributed by atoms with van der Waals surface area (Å²) in [5.74, 6) is 5.01. The summed E-state index contributed by atoms with van der Waals surface area (Å²) < 4.78 is 1.73. The van der Waals surface area contributed by atoms with Gasteiger partial charge in [-0.15, -0.1) is 0 Å². The van der Waals surface area contributed by atoms with Crippen LogP contribution in [-0.2, 0) is 7.05 Å². The van der Waals surface area contributed by atoms with Crippen LogP contribution in [0.25, 0.3) is 0 Å². The van der Waals surface area contributed by atoms with Crippen molar-refractivity contribution in [2.45, 2.75) is 6.10 Å². The van der Waals surface area contributed by atoms with Gasteiger partial charge in [0, 0.05) is 7.05 Å². The summed E-state index contributed by atoms with van der Waals surface area (Å²) in [6.45, 7) is 0. The average molecular weight is 196 g/mol. The molecule has 0 radical (unpaired) electrons. The Morgan fingerprint density at radius 2 is 2.57 bits per heavy atom. The van der Waals surface area contributed by atoms with E-state index < -0.39 is 6.10 Å². The molecule has 1 rings (SSSR count). The van der Waals surface area contributed by atoms with Gasteiger partial charge in [-0.25, -0.2) is 9.98 Å². The third-order valence-corrected chi connectivity index (χ3v) is 1.93. The number of hydrogen-bond donors (Lipinski definition) is 3. The summed E-state index contributed by atoms with van der Waals surface area (Å²) in [6, 6.07) is 0. The zero-order chi connectivity index (χ0) is 10.6. The summed E-state index contributed by atoms with van der Waals surface area (Å²) in [5, 5.41) is 13.2. The lowest BCUT2D eigenvalue weighted by Crippen LogP contribution is -2.70. The Hall–Kier alpha value is -1.69. The first kappa shape index (κ1) is 10.4. The lowest BCUT2D eigenvalue weighted by molar-refractivity contribution is -0.421. The van der Waals surface area contributed by atoms with E-state index in [1.807, 2.05) is 0 Å². The topological polar surface area (TPSA) is 90.4 Å². The highest BCUT2D eigenvalue weighted by Crippen LogP contribution is 2.09. The van der Waals surface area contributed by atoms with Crippen molar-refractivity contribution in [3.8, 4) is 0 Å². The lowest BCUT2D eigenvalue weighted by atomic mass is 10.2. The number of aliphatic hydroxyl groups is 1. The number of aromatic nitrogens is 2. The van der Waals surface area contributed by atoms with Crippen molar-refractivity contribution in [1.82, 2.24) is 9.55 Å². The van der Waals surface area contributed by atoms with Crippen molar-refractivity contribution in [3.63, 3.8) is 0 Å². The molecule has 0 aliphatic rings. The molecule has 4 N–H and O–H groups in total. The molecular formula is C8H14N5O+. The summed E-state index contributed by atoms with van der Waals surface area (Å²) in [7, 11) is 3.50. The smallest absolute Gasteiger partial charge is 0.229 e. The minimum absolute atomic E-state index is 0.524. The molecule has 0 fully saturated rings. The Labute approximate surface area is 81.8 Å². The number of nitrogens with zero attached hydrogens (tertiary/aromatic N) is 3. The fourth-order valence-corrected chi connectivity index (χ4v) is 1.14. The highest BCUT2D eigenvalue weighted by Gasteiger charge is 2.20. The number of aliphatic hydroxyl groups excluding tert-OH is 1. The Morgan fingerprint density at radius 1 is 1.86 bits per heavy atom. The summed E-state index contributed by atoms with van der Waals surface area (Å²) in [5.41, 5.74) is 1.20. The average Bonchev–Trinajstić information content (AvgIpc) is 2.59. The molecule has 0 saturated heterocycles. The zero-order valence-corrected chi connectivity index (χ0v) is 8.18. The second-order valence-corrected chi connectivity index (χ2v) is 2.82. The van der Waals surface area contributed by atoms with Crippen molar-refractivity contribution in [2.24, 2.45) is 18.0 Å². The highest BCUT2D eigenvalue weighted by atomic mass is 16.3. The first-order chi connectivity index (χ1) is 6.70. The Balaban J connectivity index is 2.95. The largest absolute Gasteiger partial charge is 0.376 e. The number of hydrogen-bond acceptors (Lipinski definition) is 4. The maximum Gasteiger partial charge on any atom is 0.229 e. The molecule has 1 aromatic heterocycles. The molecule has 6 nitrogen and oxygen atoms in total. The minimum Gasteiger partial charge on any atom is -0.376 e. The first-order valence-electron chi connectivity index (χ1n) is 4.12. The van der Waals surface area contributed by atoms with Crippen LogP contribution in [-0.4, -0.2) is 33.6 Å². The maximum absolute atomic E-state index is 9.87. The number of nitrogens with two attached hydrogens (primary N) is 1. The molecule has 0 aliphatic carbocycles.